The van der Waals surface area contributed by atoms with Crippen LogP contribution in [-0.4, -0.2) is 30.5 Å². The number of hydrogen-bond acceptors (Lipinski definition) is 5. The highest BCUT2D eigenvalue weighted by molar-refractivity contribution is 7.99. The molecular formula is C7H14N2O3S. The third-order valence-electron chi connectivity index (χ3n) is 1.41. The SMILES string of the molecule is COC(=O)CSCC(C)C(=O)NN. The number of carbonyl (C=O) groups excluding carboxylic acids is 2. The van der Waals surface area contributed by atoms with Gasteiger partial charge in [0.05, 0.1) is 12.9 Å². The van der Waals surface area contributed by atoms with E-state index in [1.807, 2.05) is 5.43 Å². The van der Waals surface area contributed by atoms with Gasteiger partial charge in [-0.1, -0.05) is 6.92 Å². The van der Waals surface area contributed by atoms with E-state index in [0.717, 1.165) is 0 Å². The summed E-state index contributed by atoms with van der Waals surface area (Å²) in [5.41, 5.74) is 2.05. The van der Waals surface area contributed by atoms with Crippen molar-refractivity contribution in [1.82, 2.24) is 5.43 Å². The van der Waals surface area contributed by atoms with Crippen molar-refractivity contribution in [3.63, 3.8) is 0 Å². The summed E-state index contributed by atoms with van der Waals surface area (Å²) in [6.45, 7) is 1.74. The largest absolute Gasteiger partial charge is 0.468 e. The maximum atomic E-state index is 10.9. The summed E-state index contributed by atoms with van der Waals surface area (Å²) in [6, 6.07) is 0. The molecular weight excluding hydrogens is 192 g/mol. The van der Waals surface area contributed by atoms with Crippen LogP contribution < -0.4 is 11.3 Å². The Bertz CT molecular complexity index is 187. The van der Waals surface area contributed by atoms with Crippen molar-refractivity contribution in [3.05, 3.63) is 0 Å². The standard InChI is InChI=1S/C7H14N2O3S/c1-5(7(11)9-8)3-13-4-6(10)12-2/h5H,3-4,8H2,1-2H3,(H,9,11). The molecule has 0 fully saturated rings. The summed E-state index contributed by atoms with van der Waals surface area (Å²) < 4.78 is 4.43. The normalized spacial score (nSPS) is 11.9. The topological polar surface area (TPSA) is 81.4 Å². The summed E-state index contributed by atoms with van der Waals surface area (Å²) in [7, 11) is 1.33. The number of ether oxygens (including phenoxy) is 1. The van der Waals surface area contributed by atoms with Crippen molar-refractivity contribution >= 4 is 23.6 Å². The van der Waals surface area contributed by atoms with Gasteiger partial charge in [0, 0.05) is 11.7 Å². The molecule has 0 heterocycles. The molecule has 1 amide bonds. The second kappa shape index (κ2) is 6.73. The number of amides is 1. The molecule has 0 aromatic heterocycles. The highest BCUT2D eigenvalue weighted by Crippen LogP contribution is 2.08. The molecule has 0 aliphatic rings. The second-order valence-corrected chi connectivity index (χ2v) is 3.53. The minimum atomic E-state index is -0.287. The number of carbonyl (C=O) groups is 2. The van der Waals surface area contributed by atoms with Gasteiger partial charge in [-0.15, -0.1) is 11.8 Å². The maximum absolute atomic E-state index is 10.9. The third-order valence-corrected chi connectivity index (χ3v) is 2.58. The van der Waals surface area contributed by atoms with E-state index in [4.69, 9.17) is 5.84 Å². The smallest absolute Gasteiger partial charge is 0.315 e. The molecule has 0 aliphatic heterocycles. The second-order valence-electron chi connectivity index (χ2n) is 2.50. The first-order valence-electron chi connectivity index (χ1n) is 3.76. The van der Waals surface area contributed by atoms with Gasteiger partial charge >= 0.3 is 5.97 Å². The lowest BCUT2D eigenvalue weighted by Gasteiger charge is -2.07. The van der Waals surface area contributed by atoms with E-state index in [9.17, 15) is 9.59 Å². The Kier molecular flexibility index (Phi) is 6.34. The lowest BCUT2D eigenvalue weighted by Crippen LogP contribution is -2.35. The highest BCUT2D eigenvalue weighted by Gasteiger charge is 2.11. The van der Waals surface area contributed by atoms with E-state index in [2.05, 4.69) is 4.74 Å². The lowest BCUT2D eigenvalue weighted by atomic mass is 10.2. The lowest BCUT2D eigenvalue weighted by molar-refractivity contribution is -0.137. The molecule has 0 bridgehead atoms. The number of hydrazine groups is 1. The van der Waals surface area contributed by atoms with Crippen LogP contribution >= 0.6 is 11.8 Å². The minimum absolute atomic E-state index is 0.195. The molecule has 3 N–H and O–H groups in total. The number of nitrogens with two attached hydrogens (primary N) is 1. The van der Waals surface area contributed by atoms with Gasteiger partial charge in [0.1, 0.15) is 0 Å². The third kappa shape index (κ3) is 5.48. The molecule has 0 rings (SSSR count). The molecule has 5 nitrogen and oxygen atoms in total. The van der Waals surface area contributed by atoms with Crippen LogP contribution in [0.3, 0.4) is 0 Å². The van der Waals surface area contributed by atoms with Gasteiger partial charge < -0.3 is 4.74 Å². The number of thioether (sulfide) groups is 1. The van der Waals surface area contributed by atoms with Crippen LogP contribution in [0.1, 0.15) is 6.92 Å². The first-order valence-corrected chi connectivity index (χ1v) is 4.92. The van der Waals surface area contributed by atoms with Gasteiger partial charge in [-0.2, -0.15) is 0 Å². The number of hydrogen-bond donors (Lipinski definition) is 2. The van der Waals surface area contributed by atoms with E-state index in [1.54, 1.807) is 6.92 Å². The van der Waals surface area contributed by atoms with E-state index < -0.39 is 0 Å². The van der Waals surface area contributed by atoms with Crippen molar-refractivity contribution in [3.8, 4) is 0 Å². The Hall–Kier alpha value is -0.750. The van der Waals surface area contributed by atoms with Gasteiger partial charge in [0.25, 0.3) is 0 Å². The number of rotatable bonds is 5. The van der Waals surface area contributed by atoms with Crippen LogP contribution in [-0.2, 0) is 14.3 Å². The average molecular weight is 206 g/mol. The Morgan fingerprint density at radius 3 is 2.69 bits per heavy atom. The molecule has 1 unspecified atom stereocenters. The summed E-state index contributed by atoms with van der Waals surface area (Å²) in [4.78, 5) is 21.6. The van der Waals surface area contributed by atoms with Crippen LogP contribution in [0.25, 0.3) is 0 Å². The molecule has 0 aromatic carbocycles. The van der Waals surface area contributed by atoms with Crippen LogP contribution in [0, 0.1) is 5.92 Å². The van der Waals surface area contributed by atoms with Crippen molar-refractivity contribution in [2.45, 2.75) is 6.92 Å². The summed E-state index contributed by atoms with van der Waals surface area (Å²) >= 11 is 1.35. The molecule has 0 saturated carbocycles. The zero-order chi connectivity index (χ0) is 10.3. The zero-order valence-electron chi connectivity index (χ0n) is 7.70. The van der Waals surface area contributed by atoms with E-state index in [0.29, 0.717) is 5.75 Å². The van der Waals surface area contributed by atoms with Crippen molar-refractivity contribution in [2.75, 3.05) is 18.6 Å². The molecule has 0 aliphatic carbocycles. The fourth-order valence-corrected chi connectivity index (χ4v) is 1.50. The highest BCUT2D eigenvalue weighted by atomic mass is 32.2. The summed E-state index contributed by atoms with van der Waals surface area (Å²) in [5.74, 6) is 5.04. The quantitative estimate of drug-likeness (QED) is 0.275. The fourth-order valence-electron chi connectivity index (χ4n) is 0.596. The van der Waals surface area contributed by atoms with Gasteiger partial charge in [-0.3, -0.25) is 15.0 Å². The zero-order valence-corrected chi connectivity index (χ0v) is 8.52. The number of methoxy groups -OCH3 is 1. The average Bonchev–Trinajstić information content (AvgIpc) is 2.15. The molecule has 13 heavy (non-hydrogen) atoms. The first-order chi connectivity index (χ1) is 6.11. The molecule has 0 saturated heterocycles. The molecule has 76 valence electrons. The molecule has 0 aromatic rings. The van der Waals surface area contributed by atoms with Crippen molar-refractivity contribution < 1.29 is 14.3 Å². The van der Waals surface area contributed by atoms with E-state index in [1.165, 1.54) is 18.9 Å². The Labute approximate surface area is 81.3 Å². The fraction of sp³-hybridized carbons (Fsp3) is 0.714. The number of esters is 1. The van der Waals surface area contributed by atoms with Gasteiger partial charge in [0.15, 0.2) is 0 Å². The monoisotopic (exact) mass is 206 g/mol. The van der Waals surface area contributed by atoms with Gasteiger partial charge in [-0.25, -0.2) is 5.84 Å². The van der Waals surface area contributed by atoms with Crippen molar-refractivity contribution in [1.29, 1.82) is 0 Å². The van der Waals surface area contributed by atoms with E-state index in [-0.39, 0.29) is 23.5 Å². The Morgan fingerprint density at radius 1 is 1.62 bits per heavy atom. The van der Waals surface area contributed by atoms with Crippen LogP contribution in [0.4, 0.5) is 0 Å². The van der Waals surface area contributed by atoms with Gasteiger partial charge in [0.2, 0.25) is 5.91 Å². The Morgan fingerprint density at radius 2 is 2.23 bits per heavy atom. The van der Waals surface area contributed by atoms with Crippen LogP contribution in [0.2, 0.25) is 0 Å². The summed E-state index contributed by atoms with van der Waals surface area (Å²) in [6.07, 6.45) is 0. The Balaban J connectivity index is 3.53. The molecule has 0 radical (unpaired) electrons. The van der Waals surface area contributed by atoms with Crippen LogP contribution in [0.5, 0.6) is 0 Å². The molecule has 6 heteroatoms. The molecule has 0 spiro atoms. The van der Waals surface area contributed by atoms with Gasteiger partial charge in [-0.05, 0) is 0 Å². The number of nitrogens with one attached hydrogen (secondary N) is 1. The van der Waals surface area contributed by atoms with Crippen LogP contribution in [0.15, 0.2) is 0 Å². The molecule has 1 atom stereocenters. The predicted octanol–water partition coefficient (Wildman–Crippen LogP) is -0.481. The van der Waals surface area contributed by atoms with Crippen molar-refractivity contribution in [2.24, 2.45) is 11.8 Å². The van der Waals surface area contributed by atoms with E-state index >= 15 is 0 Å². The summed E-state index contributed by atoms with van der Waals surface area (Å²) in [5, 5.41) is 0. The predicted molar refractivity (Wildman–Crippen MR) is 50.8 cm³/mol. The minimum Gasteiger partial charge on any atom is -0.468 e. The first kappa shape index (κ1) is 12.2. The maximum Gasteiger partial charge on any atom is 0.315 e.